The van der Waals surface area contributed by atoms with Crippen molar-refractivity contribution < 1.29 is 19.1 Å². The molecular weight excluding hydrogens is 342 g/mol. The van der Waals surface area contributed by atoms with Gasteiger partial charge in [-0.1, -0.05) is 0 Å². The number of benzene rings is 2. The molecule has 0 radical (unpaired) electrons. The molecule has 1 fully saturated rings. The van der Waals surface area contributed by atoms with Crippen LogP contribution in [0.1, 0.15) is 37.0 Å². The Morgan fingerprint density at radius 1 is 1.04 bits per heavy atom. The Morgan fingerprint density at radius 3 is 2.15 bits per heavy atom. The number of hydrogen-bond acceptors (Lipinski definition) is 4. The summed E-state index contributed by atoms with van der Waals surface area (Å²) in [6, 6.07) is 14.5. The van der Waals surface area contributed by atoms with Crippen molar-refractivity contribution in [3.8, 4) is 11.5 Å². The molecule has 1 saturated carbocycles. The van der Waals surface area contributed by atoms with Crippen LogP contribution >= 0.6 is 0 Å². The SMILES string of the molecule is COc1ccc(N(C(=O)COc2ccc(C(C)=O)cc2)C(C)C2CC2)cc1. The smallest absolute Gasteiger partial charge is 0.265 e. The fourth-order valence-electron chi connectivity index (χ4n) is 3.14. The van der Waals surface area contributed by atoms with Gasteiger partial charge in [-0.05, 0) is 81.1 Å². The lowest BCUT2D eigenvalue weighted by Crippen LogP contribution is -2.42. The van der Waals surface area contributed by atoms with Crippen LogP contribution in [0.25, 0.3) is 0 Å². The molecule has 0 aliphatic heterocycles. The number of methoxy groups -OCH3 is 1. The Hall–Kier alpha value is -2.82. The fraction of sp³-hybridized carbons (Fsp3) is 0.364. The van der Waals surface area contributed by atoms with Crippen molar-refractivity contribution in [1.82, 2.24) is 0 Å². The quantitative estimate of drug-likeness (QED) is 0.659. The topological polar surface area (TPSA) is 55.8 Å². The summed E-state index contributed by atoms with van der Waals surface area (Å²) in [7, 11) is 1.62. The lowest BCUT2D eigenvalue weighted by molar-refractivity contribution is -0.121. The number of hydrogen-bond donors (Lipinski definition) is 0. The van der Waals surface area contributed by atoms with E-state index >= 15 is 0 Å². The molecule has 0 heterocycles. The molecule has 5 nitrogen and oxygen atoms in total. The van der Waals surface area contributed by atoms with E-state index in [4.69, 9.17) is 9.47 Å². The minimum atomic E-state index is -0.0878. The van der Waals surface area contributed by atoms with Crippen molar-refractivity contribution in [1.29, 1.82) is 0 Å². The largest absolute Gasteiger partial charge is 0.497 e. The van der Waals surface area contributed by atoms with Gasteiger partial charge in [0.05, 0.1) is 7.11 Å². The molecule has 2 aromatic carbocycles. The predicted molar refractivity (Wildman–Crippen MR) is 105 cm³/mol. The third kappa shape index (κ3) is 4.67. The zero-order valence-corrected chi connectivity index (χ0v) is 16.0. The highest BCUT2D eigenvalue weighted by Crippen LogP contribution is 2.37. The third-order valence-electron chi connectivity index (χ3n) is 4.95. The summed E-state index contributed by atoms with van der Waals surface area (Å²) in [6.07, 6.45) is 2.29. The van der Waals surface area contributed by atoms with Gasteiger partial charge in [-0.25, -0.2) is 0 Å². The lowest BCUT2D eigenvalue weighted by Gasteiger charge is -2.29. The summed E-state index contributed by atoms with van der Waals surface area (Å²) in [6.45, 7) is 3.55. The second-order valence-corrected chi connectivity index (χ2v) is 6.91. The second kappa shape index (κ2) is 8.25. The molecule has 2 aromatic rings. The predicted octanol–water partition coefficient (Wildman–Crippen LogP) is 4.11. The number of amides is 1. The molecule has 0 N–H and O–H groups in total. The van der Waals surface area contributed by atoms with Crippen LogP contribution in [0.4, 0.5) is 5.69 Å². The highest BCUT2D eigenvalue weighted by atomic mass is 16.5. The number of ketones is 1. The Bertz CT molecular complexity index is 794. The number of rotatable bonds is 8. The van der Waals surface area contributed by atoms with Crippen molar-refractivity contribution >= 4 is 17.4 Å². The molecule has 0 aromatic heterocycles. The molecule has 5 heteroatoms. The Labute approximate surface area is 159 Å². The van der Waals surface area contributed by atoms with Crippen LogP contribution in [-0.2, 0) is 4.79 Å². The Balaban J connectivity index is 1.71. The van der Waals surface area contributed by atoms with Crippen LogP contribution in [0.3, 0.4) is 0 Å². The normalized spacial score (nSPS) is 14.3. The number of carbonyl (C=O) groups excluding carboxylic acids is 2. The van der Waals surface area contributed by atoms with Crippen LogP contribution in [-0.4, -0.2) is 31.4 Å². The molecule has 0 saturated heterocycles. The summed E-state index contributed by atoms with van der Waals surface area (Å²) in [5.41, 5.74) is 1.46. The van der Waals surface area contributed by atoms with Crippen LogP contribution in [0, 0.1) is 5.92 Å². The number of Topliss-reactive ketones (excluding diaryl/α,β-unsaturated/α-hetero) is 1. The van der Waals surface area contributed by atoms with Crippen molar-refractivity contribution in [2.24, 2.45) is 5.92 Å². The summed E-state index contributed by atoms with van der Waals surface area (Å²) in [5, 5.41) is 0. The number of nitrogens with zero attached hydrogens (tertiary/aromatic N) is 1. The lowest BCUT2D eigenvalue weighted by atomic mass is 10.1. The molecular formula is C22H25NO4. The molecule has 1 unspecified atom stereocenters. The highest BCUT2D eigenvalue weighted by Gasteiger charge is 2.35. The van der Waals surface area contributed by atoms with Gasteiger partial charge in [0.1, 0.15) is 11.5 Å². The monoisotopic (exact) mass is 367 g/mol. The van der Waals surface area contributed by atoms with E-state index in [-0.39, 0.29) is 24.3 Å². The van der Waals surface area contributed by atoms with Gasteiger partial charge in [-0.15, -0.1) is 0 Å². The van der Waals surface area contributed by atoms with Crippen molar-refractivity contribution in [2.75, 3.05) is 18.6 Å². The minimum absolute atomic E-state index is 0.00145. The van der Waals surface area contributed by atoms with E-state index in [1.165, 1.54) is 6.92 Å². The first-order chi connectivity index (χ1) is 13.0. The van der Waals surface area contributed by atoms with Crippen LogP contribution in [0.2, 0.25) is 0 Å². The van der Waals surface area contributed by atoms with Gasteiger partial charge in [-0.2, -0.15) is 0 Å². The third-order valence-corrected chi connectivity index (χ3v) is 4.95. The number of carbonyl (C=O) groups is 2. The van der Waals surface area contributed by atoms with E-state index in [0.717, 1.165) is 24.3 Å². The summed E-state index contributed by atoms with van der Waals surface area (Å²) in [4.78, 5) is 26.1. The molecule has 27 heavy (non-hydrogen) atoms. The number of ether oxygens (including phenoxy) is 2. The summed E-state index contributed by atoms with van der Waals surface area (Å²) in [5.74, 6) is 1.77. The molecule has 1 aliphatic rings. The minimum Gasteiger partial charge on any atom is -0.497 e. The first kappa shape index (κ1) is 19.0. The Kier molecular flexibility index (Phi) is 5.79. The first-order valence-corrected chi connectivity index (χ1v) is 9.19. The van der Waals surface area contributed by atoms with Gasteiger partial charge in [0.25, 0.3) is 5.91 Å². The standard InChI is InChI=1S/C22H25NO4/c1-15(17-4-5-17)23(19-8-12-20(26-3)13-9-19)22(25)14-27-21-10-6-18(7-11-21)16(2)24/h6-13,15,17H,4-5,14H2,1-3H3. The van der Waals surface area contributed by atoms with Crippen LogP contribution in [0.15, 0.2) is 48.5 Å². The molecule has 1 atom stereocenters. The molecule has 142 valence electrons. The fourth-order valence-corrected chi connectivity index (χ4v) is 3.14. The second-order valence-electron chi connectivity index (χ2n) is 6.91. The maximum atomic E-state index is 12.9. The molecule has 1 aliphatic carbocycles. The average molecular weight is 367 g/mol. The summed E-state index contributed by atoms with van der Waals surface area (Å²) >= 11 is 0. The highest BCUT2D eigenvalue weighted by molar-refractivity contribution is 5.95. The van der Waals surface area contributed by atoms with Crippen molar-refractivity contribution in [3.05, 3.63) is 54.1 Å². The maximum absolute atomic E-state index is 12.9. The van der Waals surface area contributed by atoms with Gasteiger partial charge in [0.2, 0.25) is 0 Å². The first-order valence-electron chi connectivity index (χ1n) is 9.19. The molecule has 0 bridgehead atoms. The number of anilines is 1. The van der Waals surface area contributed by atoms with Crippen molar-refractivity contribution in [2.45, 2.75) is 32.7 Å². The zero-order valence-electron chi connectivity index (χ0n) is 16.0. The van der Waals surface area contributed by atoms with E-state index in [2.05, 4.69) is 6.92 Å². The molecule has 1 amide bonds. The van der Waals surface area contributed by atoms with Gasteiger partial charge in [0, 0.05) is 17.3 Å². The average Bonchev–Trinajstić information content (AvgIpc) is 3.52. The van der Waals surface area contributed by atoms with Crippen molar-refractivity contribution in [3.63, 3.8) is 0 Å². The maximum Gasteiger partial charge on any atom is 0.265 e. The summed E-state index contributed by atoms with van der Waals surface area (Å²) < 4.78 is 10.9. The van der Waals surface area contributed by atoms with Gasteiger partial charge < -0.3 is 14.4 Å². The van der Waals surface area contributed by atoms with Crippen LogP contribution in [0.5, 0.6) is 11.5 Å². The van der Waals surface area contributed by atoms with E-state index in [1.807, 2.05) is 29.2 Å². The molecule has 0 spiro atoms. The Morgan fingerprint density at radius 2 is 1.63 bits per heavy atom. The zero-order chi connectivity index (χ0) is 19.4. The van der Waals surface area contributed by atoms with Gasteiger partial charge >= 0.3 is 0 Å². The van der Waals surface area contributed by atoms with E-state index < -0.39 is 0 Å². The van der Waals surface area contributed by atoms with Gasteiger partial charge in [0.15, 0.2) is 12.4 Å². The van der Waals surface area contributed by atoms with Crippen LogP contribution < -0.4 is 14.4 Å². The van der Waals surface area contributed by atoms with E-state index in [9.17, 15) is 9.59 Å². The van der Waals surface area contributed by atoms with Gasteiger partial charge in [-0.3, -0.25) is 9.59 Å². The van der Waals surface area contributed by atoms with E-state index in [1.54, 1.807) is 31.4 Å². The van der Waals surface area contributed by atoms with E-state index in [0.29, 0.717) is 17.2 Å². The molecule has 3 rings (SSSR count).